The Kier molecular flexibility index (Phi) is 4.71. The lowest BCUT2D eigenvalue weighted by Crippen LogP contribution is -2.18. The SMILES string of the molecule is Cc1nc2cc(-c3c(C(N)=O)n(Cc4cccc(F)c4)c4cnc(Cl)cc34)ccc2n1C. The van der Waals surface area contributed by atoms with Crippen LogP contribution in [-0.2, 0) is 13.6 Å². The first-order valence-electron chi connectivity index (χ1n) is 9.99. The molecule has 2 aromatic carbocycles. The van der Waals surface area contributed by atoms with E-state index in [4.69, 9.17) is 17.3 Å². The van der Waals surface area contributed by atoms with Gasteiger partial charge < -0.3 is 14.9 Å². The molecule has 0 atom stereocenters. The quantitative estimate of drug-likeness (QED) is 0.400. The molecule has 160 valence electrons. The maximum atomic E-state index is 13.8. The van der Waals surface area contributed by atoms with Gasteiger partial charge in [0.05, 0.1) is 22.7 Å². The van der Waals surface area contributed by atoms with Crippen LogP contribution in [0.3, 0.4) is 0 Å². The van der Waals surface area contributed by atoms with Gasteiger partial charge in [-0.15, -0.1) is 0 Å². The summed E-state index contributed by atoms with van der Waals surface area (Å²) < 4.78 is 17.6. The number of hydrogen-bond donors (Lipinski definition) is 1. The molecule has 0 bridgehead atoms. The van der Waals surface area contributed by atoms with Crippen LogP contribution < -0.4 is 5.73 Å². The number of imidazole rings is 1. The number of pyridine rings is 1. The molecule has 0 spiro atoms. The highest BCUT2D eigenvalue weighted by molar-refractivity contribution is 6.30. The molecule has 0 saturated heterocycles. The van der Waals surface area contributed by atoms with E-state index in [9.17, 15) is 9.18 Å². The molecule has 5 aromatic rings. The lowest BCUT2D eigenvalue weighted by molar-refractivity contribution is 0.0993. The van der Waals surface area contributed by atoms with Crippen LogP contribution in [0, 0.1) is 12.7 Å². The van der Waals surface area contributed by atoms with Gasteiger partial charge in [-0.2, -0.15) is 0 Å². The number of aryl methyl sites for hydroxylation is 2. The van der Waals surface area contributed by atoms with Gasteiger partial charge in [-0.1, -0.05) is 29.8 Å². The van der Waals surface area contributed by atoms with Gasteiger partial charge in [0.1, 0.15) is 22.5 Å². The number of fused-ring (bicyclic) bond motifs is 2. The Morgan fingerprint density at radius 3 is 2.72 bits per heavy atom. The van der Waals surface area contributed by atoms with Crippen LogP contribution >= 0.6 is 11.6 Å². The maximum Gasteiger partial charge on any atom is 0.266 e. The summed E-state index contributed by atoms with van der Waals surface area (Å²) in [5, 5.41) is 1.04. The Hall–Kier alpha value is -3.71. The van der Waals surface area contributed by atoms with Gasteiger partial charge in [0.15, 0.2) is 0 Å². The zero-order valence-electron chi connectivity index (χ0n) is 17.4. The van der Waals surface area contributed by atoms with Crippen molar-refractivity contribution in [1.82, 2.24) is 19.1 Å². The number of aromatic nitrogens is 4. The summed E-state index contributed by atoms with van der Waals surface area (Å²) in [6, 6.07) is 13.8. The molecule has 0 fully saturated rings. The minimum Gasteiger partial charge on any atom is -0.364 e. The largest absolute Gasteiger partial charge is 0.364 e. The average molecular weight is 448 g/mol. The maximum absolute atomic E-state index is 13.8. The van der Waals surface area contributed by atoms with Crippen LogP contribution in [-0.4, -0.2) is 25.0 Å². The van der Waals surface area contributed by atoms with Crippen molar-refractivity contribution in [3.05, 3.63) is 82.8 Å². The second-order valence-corrected chi connectivity index (χ2v) is 8.14. The third-order valence-electron chi connectivity index (χ3n) is 5.77. The Bertz CT molecular complexity index is 1540. The van der Waals surface area contributed by atoms with Gasteiger partial charge in [0.2, 0.25) is 0 Å². The minimum atomic E-state index is -0.596. The van der Waals surface area contributed by atoms with Crippen LogP contribution in [0.2, 0.25) is 5.15 Å². The predicted molar refractivity (Wildman–Crippen MR) is 123 cm³/mol. The van der Waals surface area contributed by atoms with Gasteiger partial charge in [-0.3, -0.25) is 4.79 Å². The molecular weight excluding hydrogens is 429 g/mol. The molecule has 0 aliphatic carbocycles. The summed E-state index contributed by atoms with van der Waals surface area (Å²) in [5.41, 5.74) is 10.8. The van der Waals surface area contributed by atoms with Crippen molar-refractivity contribution in [3.8, 4) is 11.1 Å². The van der Waals surface area contributed by atoms with Crippen molar-refractivity contribution < 1.29 is 9.18 Å². The molecule has 8 heteroatoms. The molecule has 5 rings (SSSR count). The van der Waals surface area contributed by atoms with E-state index in [0.29, 0.717) is 27.5 Å². The Balaban J connectivity index is 1.81. The fraction of sp³-hybridized carbons (Fsp3) is 0.125. The molecule has 32 heavy (non-hydrogen) atoms. The van der Waals surface area contributed by atoms with Crippen molar-refractivity contribution in [2.24, 2.45) is 12.8 Å². The minimum absolute atomic E-state index is 0.251. The normalized spacial score (nSPS) is 11.5. The summed E-state index contributed by atoms with van der Waals surface area (Å²) in [6.45, 7) is 2.19. The zero-order chi connectivity index (χ0) is 22.6. The summed E-state index contributed by atoms with van der Waals surface area (Å²) in [5.74, 6) is -0.0639. The number of amides is 1. The van der Waals surface area contributed by atoms with Crippen LogP contribution in [0.4, 0.5) is 4.39 Å². The van der Waals surface area contributed by atoms with E-state index >= 15 is 0 Å². The van der Waals surface area contributed by atoms with Gasteiger partial charge >= 0.3 is 0 Å². The van der Waals surface area contributed by atoms with E-state index < -0.39 is 5.91 Å². The standard InChI is InChI=1S/C24H19ClFN5O/c1-13-29-18-9-15(6-7-19(18)30(13)2)22-17-10-21(25)28-11-20(17)31(23(22)24(27)32)12-14-4-3-5-16(26)8-14/h3-11H,12H2,1-2H3,(H2,27,32). The molecule has 1 amide bonds. The first-order valence-corrected chi connectivity index (χ1v) is 10.4. The third kappa shape index (κ3) is 3.22. The summed E-state index contributed by atoms with van der Waals surface area (Å²) in [6.07, 6.45) is 1.61. The summed E-state index contributed by atoms with van der Waals surface area (Å²) >= 11 is 6.22. The molecule has 0 aliphatic rings. The van der Waals surface area contributed by atoms with Crippen LogP contribution in [0.1, 0.15) is 21.9 Å². The average Bonchev–Trinajstić information content (AvgIpc) is 3.21. The highest BCUT2D eigenvalue weighted by Gasteiger charge is 2.24. The Morgan fingerprint density at radius 1 is 1.16 bits per heavy atom. The molecule has 0 unspecified atom stereocenters. The Morgan fingerprint density at radius 2 is 1.97 bits per heavy atom. The van der Waals surface area contributed by atoms with Crippen molar-refractivity contribution in [2.75, 3.05) is 0 Å². The van der Waals surface area contributed by atoms with Gasteiger partial charge in [0, 0.05) is 24.5 Å². The first kappa shape index (κ1) is 20.2. The van der Waals surface area contributed by atoms with Crippen LogP contribution in [0.5, 0.6) is 0 Å². The number of carbonyl (C=O) groups excluding carboxylic acids is 1. The third-order valence-corrected chi connectivity index (χ3v) is 5.98. The van der Waals surface area contributed by atoms with Crippen molar-refractivity contribution in [1.29, 1.82) is 0 Å². The molecule has 2 N–H and O–H groups in total. The number of benzene rings is 2. The van der Waals surface area contributed by atoms with E-state index in [-0.39, 0.29) is 12.4 Å². The van der Waals surface area contributed by atoms with Gasteiger partial charge in [-0.25, -0.2) is 14.4 Å². The highest BCUT2D eigenvalue weighted by atomic mass is 35.5. The first-order chi connectivity index (χ1) is 15.3. The topological polar surface area (TPSA) is 78.7 Å². The predicted octanol–water partition coefficient (Wildman–Crippen LogP) is 4.84. The number of carbonyl (C=O) groups is 1. The van der Waals surface area contributed by atoms with Crippen LogP contribution in [0.25, 0.3) is 33.1 Å². The van der Waals surface area contributed by atoms with Crippen molar-refractivity contribution in [2.45, 2.75) is 13.5 Å². The number of nitrogens with two attached hydrogens (primary N) is 1. The van der Waals surface area contributed by atoms with Crippen LogP contribution in [0.15, 0.2) is 54.7 Å². The van der Waals surface area contributed by atoms with Gasteiger partial charge in [0.25, 0.3) is 5.91 Å². The molecule has 0 aliphatic heterocycles. The lowest BCUT2D eigenvalue weighted by atomic mass is 10.0. The van der Waals surface area contributed by atoms with Crippen molar-refractivity contribution in [3.63, 3.8) is 0 Å². The van der Waals surface area contributed by atoms with E-state index in [2.05, 4.69) is 9.97 Å². The fourth-order valence-corrected chi connectivity index (χ4v) is 4.39. The van der Waals surface area contributed by atoms with Gasteiger partial charge in [-0.05, 0) is 48.4 Å². The second-order valence-electron chi connectivity index (χ2n) is 7.75. The fourth-order valence-electron chi connectivity index (χ4n) is 4.23. The lowest BCUT2D eigenvalue weighted by Gasteiger charge is -2.10. The smallest absolute Gasteiger partial charge is 0.266 e. The summed E-state index contributed by atoms with van der Waals surface area (Å²) in [7, 11) is 1.95. The van der Waals surface area contributed by atoms with E-state index in [1.54, 1.807) is 29.0 Å². The number of halogens is 2. The summed E-state index contributed by atoms with van der Waals surface area (Å²) in [4.78, 5) is 21.5. The zero-order valence-corrected chi connectivity index (χ0v) is 18.2. The molecular formula is C24H19ClFN5O. The molecule has 0 radical (unpaired) electrons. The second kappa shape index (κ2) is 7.46. The molecule has 3 heterocycles. The molecule has 0 saturated carbocycles. The number of primary amides is 1. The molecule has 6 nitrogen and oxygen atoms in total. The van der Waals surface area contributed by atoms with E-state index in [0.717, 1.165) is 27.8 Å². The van der Waals surface area contributed by atoms with Crippen molar-refractivity contribution >= 4 is 39.4 Å². The van der Waals surface area contributed by atoms with E-state index in [1.165, 1.54) is 12.1 Å². The highest BCUT2D eigenvalue weighted by Crippen LogP contribution is 2.37. The Labute approximate surface area is 188 Å². The monoisotopic (exact) mass is 447 g/mol. The number of hydrogen-bond acceptors (Lipinski definition) is 3. The number of nitrogens with zero attached hydrogens (tertiary/aromatic N) is 4. The number of rotatable bonds is 4. The molecule has 3 aromatic heterocycles. The van der Waals surface area contributed by atoms with E-state index in [1.807, 2.05) is 36.7 Å².